The molecule has 0 aliphatic carbocycles. The second-order valence-corrected chi connectivity index (χ2v) is 4.51. The zero-order valence-corrected chi connectivity index (χ0v) is 10.1. The zero-order valence-electron chi connectivity index (χ0n) is 10.1. The summed E-state index contributed by atoms with van der Waals surface area (Å²) in [5, 5.41) is 0. The molecule has 17 heavy (non-hydrogen) atoms. The molecule has 0 amide bonds. The zero-order chi connectivity index (χ0) is 11.9. The van der Waals surface area contributed by atoms with Gasteiger partial charge in [-0.15, -0.1) is 0 Å². The summed E-state index contributed by atoms with van der Waals surface area (Å²) in [6.07, 6.45) is 6.81. The summed E-state index contributed by atoms with van der Waals surface area (Å²) >= 11 is 0. The molecule has 1 aliphatic heterocycles. The molecular formula is C15H19NO. The Hall–Kier alpha value is -1.41. The first-order chi connectivity index (χ1) is 8.34. The van der Waals surface area contributed by atoms with Gasteiger partial charge in [-0.05, 0) is 37.6 Å². The second-order valence-electron chi connectivity index (χ2n) is 4.51. The summed E-state index contributed by atoms with van der Waals surface area (Å²) in [5.41, 5.74) is 1.09. The standard InChI is InChI=1S/C15H19NO/c17-15(10-13-16-11-4-5-12-16)9-8-14-6-2-1-3-7-14/h1-3,6-9H,4-5,10-13H2/b9-8-. The van der Waals surface area contributed by atoms with E-state index < -0.39 is 0 Å². The van der Waals surface area contributed by atoms with Crippen molar-refractivity contribution in [2.75, 3.05) is 19.6 Å². The first-order valence-electron chi connectivity index (χ1n) is 6.33. The molecule has 2 rings (SSSR count). The first kappa shape index (κ1) is 12.1. The van der Waals surface area contributed by atoms with E-state index in [1.165, 1.54) is 12.8 Å². The summed E-state index contributed by atoms with van der Waals surface area (Å²) in [5.74, 6) is 0.223. The van der Waals surface area contributed by atoms with Gasteiger partial charge in [0.2, 0.25) is 0 Å². The third-order valence-corrected chi connectivity index (χ3v) is 3.13. The fourth-order valence-corrected chi connectivity index (χ4v) is 2.11. The summed E-state index contributed by atoms with van der Waals surface area (Å²) < 4.78 is 0. The maximum absolute atomic E-state index is 11.7. The van der Waals surface area contributed by atoms with Crippen LogP contribution in [0.4, 0.5) is 0 Å². The van der Waals surface area contributed by atoms with E-state index in [9.17, 15) is 4.79 Å². The van der Waals surface area contributed by atoms with Crippen LogP contribution in [0.3, 0.4) is 0 Å². The molecule has 1 heterocycles. The number of likely N-dealkylation sites (tertiary alicyclic amines) is 1. The molecule has 0 radical (unpaired) electrons. The van der Waals surface area contributed by atoms with Crippen LogP contribution in [-0.4, -0.2) is 30.3 Å². The Morgan fingerprint density at radius 1 is 1.18 bits per heavy atom. The van der Waals surface area contributed by atoms with E-state index >= 15 is 0 Å². The van der Waals surface area contributed by atoms with Crippen molar-refractivity contribution < 1.29 is 4.79 Å². The van der Waals surface area contributed by atoms with Crippen molar-refractivity contribution in [1.82, 2.24) is 4.90 Å². The van der Waals surface area contributed by atoms with E-state index in [1.54, 1.807) is 6.08 Å². The van der Waals surface area contributed by atoms with Crippen LogP contribution in [-0.2, 0) is 4.79 Å². The van der Waals surface area contributed by atoms with Crippen molar-refractivity contribution in [3.8, 4) is 0 Å². The Labute approximate surface area is 103 Å². The molecule has 1 aromatic rings. The van der Waals surface area contributed by atoms with Crippen LogP contribution in [0, 0.1) is 0 Å². The van der Waals surface area contributed by atoms with Crippen molar-refractivity contribution in [3.63, 3.8) is 0 Å². The maximum atomic E-state index is 11.7. The Bertz CT molecular complexity index is 377. The highest BCUT2D eigenvalue weighted by atomic mass is 16.1. The topological polar surface area (TPSA) is 20.3 Å². The molecule has 0 atom stereocenters. The quantitative estimate of drug-likeness (QED) is 0.724. The van der Waals surface area contributed by atoms with Crippen LogP contribution in [0.2, 0.25) is 0 Å². The summed E-state index contributed by atoms with van der Waals surface area (Å²) in [6.45, 7) is 3.24. The van der Waals surface area contributed by atoms with E-state index in [-0.39, 0.29) is 5.78 Å². The average Bonchev–Trinajstić information content (AvgIpc) is 2.88. The molecule has 90 valence electrons. The van der Waals surface area contributed by atoms with Crippen LogP contribution >= 0.6 is 0 Å². The lowest BCUT2D eigenvalue weighted by Gasteiger charge is -2.12. The molecule has 1 fully saturated rings. The molecule has 1 aliphatic rings. The smallest absolute Gasteiger partial charge is 0.156 e. The van der Waals surface area contributed by atoms with Gasteiger partial charge in [-0.1, -0.05) is 36.4 Å². The van der Waals surface area contributed by atoms with Gasteiger partial charge in [0.15, 0.2) is 5.78 Å². The van der Waals surface area contributed by atoms with Crippen molar-refractivity contribution >= 4 is 11.9 Å². The molecule has 0 N–H and O–H groups in total. The molecule has 0 bridgehead atoms. The van der Waals surface area contributed by atoms with Gasteiger partial charge in [0.1, 0.15) is 0 Å². The predicted octanol–water partition coefficient (Wildman–Crippen LogP) is 2.75. The summed E-state index contributed by atoms with van der Waals surface area (Å²) in [4.78, 5) is 14.0. The number of rotatable bonds is 5. The number of carbonyl (C=O) groups excluding carboxylic acids is 1. The van der Waals surface area contributed by atoms with Gasteiger partial charge in [0, 0.05) is 13.0 Å². The lowest BCUT2D eigenvalue weighted by Crippen LogP contribution is -2.22. The number of allylic oxidation sites excluding steroid dienone is 1. The predicted molar refractivity (Wildman–Crippen MR) is 70.8 cm³/mol. The molecule has 1 aromatic carbocycles. The number of hydrogen-bond donors (Lipinski definition) is 0. The normalized spacial score (nSPS) is 16.7. The number of benzene rings is 1. The van der Waals surface area contributed by atoms with Gasteiger partial charge in [-0.2, -0.15) is 0 Å². The van der Waals surface area contributed by atoms with Crippen molar-refractivity contribution in [2.45, 2.75) is 19.3 Å². The highest BCUT2D eigenvalue weighted by molar-refractivity contribution is 5.93. The van der Waals surface area contributed by atoms with Gasteiger partial charge < -0.3 is 4.90 Å². The van der Waals surface area contributed by atoms with Gasteiger partial charge in [0.05, 0.1) is 0 Å². The van der Waals surface area contributed by atoms with Crippen molar-refractivity contribution in [1.29, 1.82) is 0 Å². The maximum Gasteiger partial charge on any atom is 0.156 e. The van der Waals surface area contributed by atoms with Crippen LogP contribution in [0.25, 0.3) is 6.08 Å². The Morgan fingerprint density at radius 3 is 2.59 bits per heavy atom. The minimum atomic E-state index is 0.223. The third-order valence-electron chi connectivity index (χ3n) is 3.13. The minimum Gasteiger partial charge on any atom is -0.303 e. The Kier molecular flexibility index (Phi) is 4.51. The van der Waals surface area contributed by atoms with Crippen molar-refractivity contribution in [2.24, 2.45) is 0 Å². The van der Waals surface area contributed by atoms with E-state index in [4.69, 9.17) is 0 Å². The molecule has 1 saturated heterocycles. The molecular weight excluding hydrogens is 210 g/mol. The molecule has 0 spiro atoms. The lowest BCUT2D eigenvalue weighted by molar-refractivity contribution is -0.114. The highest BCUT2D eigenvalue weighted by Gasteiger charge is 2.11. The minimum absolute atomic E-state index is 0.223. The van der Waals surface area contributed by atoms with E-state index in [0.717, 1.165) is 25.2 Å². The SMILES string of the molecule is O=C(/C=C\c1ccccc1)CCN1CCCC1. The fraction of sp³-hybridized carbons (Fsp3) is 0.400. The van der Waals surface area contributed by atoms with Gasteiger partial charge in [-0.3, -0.25) is 4.79 Å². The number of hydrogen-bond acceptors (Lipinski definition) is 2. The Balaban J connectivity index is 1.75. The molecule has 2 heteroatoms. The molecule has 2 nitrogen and oxygen atoms in total. The van der Waals surface area contributed by atoms with Crippen LogP contribution in [0.15, 0.2) is 36.4 Å². The first-order valence-corrected chi connectivity index (χ1v) is 6.33. The monoisotopic (exact) mass is 229 g/mol. The largest absolute Gasteiger partial charge is 0.303 e. The Morgan fingerprint density at radius 2 is 1.88 bits per heavy atom. The second kappa shape index (κ2) is 6.36. The highest BCUT2D eigenvalue weighted by Crippen LogP contribution is 2.08. The van der Waals surface area contributed by atoms with Crippen LogP contribution < -0.4 is 0 Å². The van der Waals surface area contributed by atoms with Crippen LogP contribution in [0.5, 0.6) is 0 Å². The van der Waals surface area contributed by atoms with Gasteiger partial charge in [0.25, 0.3) is 0 Å². The van der Waals surface area contributed by atoms with Gasteiger partial charge >= 0.3 is 0 Å². The number of ketones is 1. The van der Waals surface area contributed by atoms with E-state index in [0.29, 0.717) is 6.42 Å². The fourth-order valence-electron chi connectivity index (χ4n) is 2.11. The van der Waals surface area contributed by atoms with E-state index in [1.807, 2.05) is 36.4 Å². The van der Waals surface area contributed by atoms with E-state index in [2.05, 4.69) is 4.90 Å². The average molecular weight is 229 g/mol. The molecule has 0 saturated carbocycles. The van der Waals surface area contributed by atoms with Crippen molar-refractivity contribution in [3.05, 3.63) is 42.0 Å². The summed E-state index contributed by atoms with van der Waals surface area (Å²) in [6, 6.07) is 9.95. The van der Waals surface area contributed by atoms with Gasteiger partial charge in [-0.25, -0.2) is 0 Å². The lowest BCUT2D eigenvalue weighted by atomic mass is 10.2. The molecule has 0 unspecified atom stereocenters. The number of nitrogens with zero attached hydrogens (tertiary/aromatic N) is 1. The van der Waals surface area contributed by atoms with Crippen LogP contribution in [0.1, 0.15) is 24.8 Å². The number of carbonyl (C=O) groups is 1. The molecule has 0 aromatic heterocycles. The third kappa shape index (κ3) is 4.16. The summed E-state index contributed by atoms with van der Waals surface area (Å²) in [7, 11) is 0.